The first-order valence-electron chi connectivity index (χ1n) is 8.38. The molecule has 0 fully saturated rings. The second-order valence-electron chi connectivity index (χ2n) is 6.33. The van der Waals surface area contributed by atoms with Crippen molar-refractivity contribution in [3.63, 3.8) is 0 Å². The average Bonchev–Trinajstić information content (AvgIpc) is 2.62. The summed E-state index contributed by atoms with van der Waals surface area (Å²) in [6.07, 6.45) is 1.33. The Balaban J connectivity index is 2.19. The lowest BCUT2D eigenvalue weighted by Gasteiger charge is -2.18. The van der Waals surface area contributed by atoms with E-state index in [4.69, 9.17) is 15.5 Å². The fourth-order valence-corrected chi connectivity index (χ4v) is 2.91. The number of phosphoric acid groups is 1. The number of nitrogens with two attached hydrogens (primary N) is 1. The molecule has 1 heterocycles. The van der Waals surface area contributed by atoms with Crippen molar-refractivity contribution in [1.82, 2.24) is 10.3 Å². The number of phosphoric ester groups is 1. The first-order chi connectivity index (χ1) is 13.5. The van der Waals surface area contributed by atoms with Crippen molar-refractivity contribution in [1.29, 1.82) is 0 Å². The van der Waals surface area contributed by atoms with E-state index in [0.29, 0.717) is 5.56 Å². The molecule has 2 rings (SSSR count). The zero-order valence-electron chi connectivity index (χ0n) is 15.4. The van der Waals surface area contributed by atoms with Gasteiger partial charge in [0.05, 0.1) is 18.0 Å². The summed E-state index contributed by atoms with van der Waals surface area (Å²) < 4.78 is 15.4. The number of carboxylic acid groups (broad SMARTS) is 1. The van der Waals surface area contributed by atoms with E-state index >= 15 is 0 Å². The molecule has 0 aliphatic rings. The van der Waals surface area contributed by atoms with E-state index in [1.54, 1.807) is 0 Å². The number of nitrogens with one attached hydrogen (secondary N) is 1. The highest BCUT2D eigenvalue weighted by Crippen LogP contribution is 2.38. The summed E-state index contributed by atoms with van der Waals surface area (Å²) >= 11 is 0. The van der Waals surface area contributed by atoms with Crippen molar-refractivity contribution in [2.45, 2.75) is 32.5 Å². The van der Waals surface area contributed by atoms with Crippen LogP contribution in [0.25, 0.3) is 0 Å². The molecule has 158 valence electrons. The van der Waals surface area contributed by atoms with Gasteiger partial charge in [0.25, 0.3) is 0 Å². The molecular formula is C17H22N3O8P. The molecule has 1 aromatic carbocycles. The number of aliphatic carboxylic acids is 1. The molecule has 11 nitrogen and oxygen atoms in total. The summed E-state index contributed by atoms with van der Waals surface area (Å²) in [4.78, 5) is 33.3. The Hall–Kier alpha value is -2.69. The highest BCUT2D eigenvalue weighted by Gasteiger charge is 2.22. The lowest BCUT2D eigenvalue weighted by Crippen LogP contribution is -2.38. The Morgan fingerprint density at radius 2 is 2.03 bits per heavy atom. The summed E-state index contributed by atoms with van der Waals surface area (Å²) in [5.41, 5.74) is 6.98. The first-order valence-corrected chi connectivity index (χ1v) is 9.91. The molecule has 1 atom stereocenters. The number of phenolic OH excluding ortho intramolecular Hbond substituents is 1. The number of hydrogen-bond donors (Lipinski definition) is 7. The number of nitrogens with zero attached hydrogens (tertiary/aromatic N) is 1. The third-order valence-electron chi connectivity index (χ3n) is 4.17. The molecule has 0 saturated carbocycles. The number of rotatable bonds is 9. The second kappa shape index (κ2) is 9.21. The number of hydrogen-bond acceptors (Lipinski definition) is 8. The Labute approximate surface area is 166 Å². The smallest absolute Gasteiger partial charge is 0.469 e. The molecular weight excluding hydrogens is 405 g/mol. The molecule has 0 radical (unpaired) electrons. The van der Waals surface area contributed by atoms with Gasteiger partial charge in [-0.1, -0.05) is 6.07 Å². The van der Waals surface area contributed by atoms with Crippen LogP contribution >= 0.6 is 7.82 Å². The molecule has 0 unspecified atom stereocenters. The van der Waals surface area contributed by atoms with E-state index in [0.717, 1.165) is 0 Å². The SMILES string of the molecule is Cc1ncc(COP(=O)(O)O)c(CN[C@@H](Cc2ccc(O)c(N)c2)C(=O)O)c1O. The number of carbonyl (C=O) groups is 1. The first kappa shape index (κ1) is 22.6. The number of aryl methyl sites for hydroxylation is 1. The minimum absolute atomic E-state index is 0.0406. The van der Waals surface area contributed by atoms with Gasteiger partial charge in [0.1, 0.15) is 17.5 Å². The predicted octanol–water partition coefficient (Wildman–Crippen LogP) is 0.778. The van der Waals surface area contributed by atoms with Crippen LogP contribution < -0.4 is 11.1 Å². The number of benzene rings is 1. The summed E-state index contributed by atoms with van der Waals surface area (Å²) in [6, 6.07) is 3.29. The Bertz CT molecular complexity index is 947. The molecule has 0 aliphatic heterocycles. The van der Waals surface area contributed by atoms with Crippen molar-refractivity contribution in [3.05, 3.63) is 46.8 Å². The number of nitrogen functional groups attached to an aromatic ring is 1. The van der Waals surface area contributed by atoms with Crippen molar-refractivity contribution in [2.75, 3.05) is 5.73 Å². The molecule has 0 amide bonds. The van der Waals surface area contributed by atoms with Crippen LogP contribution in [0.4, 0.5) is 5.69 Å². The standard InChI is InChI=1S/C17H22N3O8P/c1-9-16(22)12(11(6-19-9)8-28-29(25,26)27)7-20-14(17(23)24)5-10-2-3-15(21)13(18)4-10/h2-4,6,14,20-22H,5,7-8,18H2,1H3,(H,23,24)(H2,25,26,27)/t14-/m0/s1. The van der Waals surface area contributed by atoms with Gasteiger partial charge in [0, 0.05) is 23.9 Å². The molecule has 2 aromatic rings. The quantitative estimate of drug-likeness (QED) is 0.170. The highest BCUT2D eigenvalue weighted by atomic mass is 31.2. The highest BCUT2D eigenvalue weighted by molar-refractivity contribution is 7.46. The van der Waals surface area contributed by atoms with Crippen molar-refractivity contribution in [3.8, 4) is 11.5 Å². The average molecular weight is 427 g/mol. The minimum Gasteiger partial charge on any atom is -0.506 e. The molecule has 0 bridgehead atoms. The number of phenols is 1. The van der Waals surface area contributed by atoms with Gasteiger partial charge in [-0.25, -0.2) is 4.57 Å². The fraction of sp³-hybridized carbons (Fsp3) is 0.294. The molecule has 0 aliphatic carbocycles. The van der Waals surface area contributed by atoms with Crippen molar-refractivity contribution >= 4 is 19.5 Å². The lowest BCUT2D eigenvalue weighted by atomic mass is 10.0. The van der Waals surface area contributed by atoms with Gasteiger partial charge in [0.15, 0.2) is 0 Å². The molecule has 12 heteroatoms. The maximum atomic E-state index is 11.6. The lowest BCUT2D eigenvalue weighted by molar-refractivity contribution is -0.139. The third-order valence-corrected chi connectivity index (χ3v) is 4.64. The number of pyridine rings is 1. The van der Waals surface area contributed by atoms with Crippen molar-refractivity contribution in [2.24, 2.45) is 0 Å². The zero-order chi connectivity index (χ0) is 21.8. The van der Waals surface area contributed by atoms with Crippen LogP contribution in [-0.4, -0.2) is 42.1 Å². The van der Waals surface area contributed by atoms with E-state index < -0.39 is 26.4 Å². The monoisotopic (exact) mass is 427 g/mol. The number of aromatic hydroxyl groups is 2. The van der Waals surface area contributed by atoms with Crippen LogP contribution in [0.15, 0.2) is 24.4 Å². The third kappa shape index (κ3) is 6.41. The maximum Gasteiger partial charge on any atom is 0.469 e. The normalized spacial score (nSPS) is 12.7. The van der Waals surface area contributed by atoms with Crippen LogP contribution in [0.2, 0.25) is 0 Å². The van der Waals surface area contributed by atoms with Gasteiger partial charge < -0.3 is 30.8 Å². The van der Waals surface area contributed by atoms with Crippen molar-refractivity contribution < 1.29 is 39.0 Å². The summed E-state index contributed by atoms with van der Waals surface area (Å²) in [5, 5.41) is 32.0. The molecule has 1 aromatic heterocycles. The van der Waals surface area contributed by atoms with E-state index in [1.165, 1.54) is 31.3 Å². The predicted molar refractivity (Wildman–Crippen MR) is 102 cm³/mol. The van der Waals surface area contributed by atoms with E-state index in [2.05, 4.69) is 14.8 Å². The zero-order valence-corrected chi connectivity index (χ0v) is 16.3. The van der Waals surface area contributed by atoms with Gasteiger partial charge in [0.2, 0.25) is 0 Å². The van der Waals surface area contributed by atoms with Crippen LogP contribution in [-0.2, 0) is 33.5 Å². The Kier molecular flexibility index (Phi) is 7.17. The maximum absolute atomic E-state index is 11.6. The molecule has 0 saturated heterocycles. The van der Waals surface area contributed by atoms with Gasteiger partial charge >= 0.3 is 13.8 Å². The Morgan fingerprint density at radius 3 is 2.62 bits per heavy atom. The summed E-state index contributed by atoms with van der Waals surface area (Å²) in [6.45, 7) is 0.883. The topological polar surface area (TPSA) is 195 Å². The van der Waals surface area contributed by atoms with Gasteiger partial charge in [-0.2, -0.15) is 0 Å². The van der Waals surface area contributed by atoms with Crippen LogP contribution in [0.5, 0.6) is 11.5 Å². The number of carboxylic acids is 1. The number of anilines is 1. The van der Waals surface area contributed by atoms with E-state index in [1.807, 2.05) is 0 Å². The molecule has 8 N–H and O–H groups in total. The fourth-order valence-electron chi connectivity index (χ4n) is 2.60. The summed E-state index contributed by atoms with van der Waals surface area (Å²) in [7, 11) is -4.74. The Morgan fingerprint density at radius 1 is 1.34 bits per heavy atom. The molecule has 0 spiro atoms. The van der Waals surface area contributed by atoms with Crippen LogP contribution in [0.1, 0.15) is 22.4 Å². The van der Waals surface area contributed by atoms with Gasteiger partial charge in [-0.3, -0.25) is 19.6 Å². The van der Waals surface area contributed by atoms with E-state index in [9.17, 15) is 24.7 Å². The summed E-state index contributed by atoms with van der Waals surface area (Å²) in [5.74, 6) is -1.50. The van der Waals surface area contributed by atoms with Gasteiger partial charge in [-0.15, -0.1) is 0 Å². The minimum atomic E-state index is -4.74. The van der Waals surface area contributed by atoms with Crippen LogP contribution in [0.3, 0.4) is 0 Å². The largest absolute Gasteiger partial charge is 0.506 e. The molecule has 29 heavy (non-hydrogen) atoms. The number of aromatic nitrogens is 1. The van der Waals surface area contributed by atoms with Crippen LogP contribution in [0, 0.1) is 6.92 Å². The second-order valence-corrected chi connectivity index (χ2v) is 7.57. The van der Waals surface area contributed by atoms with E-state index in [-0.39, 0.29) is 47.0 Å². The van der Waals surface area contributed by atoms with Gasteiger partial charge in [-0.05, 0) is 31.0 Å².